The number of thioether (sulfide) groups is 1. The second-order valence-corrected chi connectivity index (χ2v) is 6.52. The molecular formula is C18H17ClN2O4S. The van der Waals surface area contributed by atoms with Gasteiger partial charge in [0, 0.05) is 10.8 Å². The van der Waals surface area contributed by atoms with Crippen molar-refractivity contribution >= 4 is 41.5 Å². The minimum Gasteiger partial charge on any atom is -0.482 e. The average molecular weight is 393 g/mol. The van der Waals surface area contributed by atoms with Gasteiger partial charge in [0.15, 0.2) is 6.61 Å². The smallest absolute Gasteiger partial charge is 0.341 e. The first-order valence-electron chi connectivity index (χ1n) is 7.62. The Bertz CT molecular complexity index is 781. The van der Waals surface area contributed by atoms with Gasteiger partial charge >= 0.3 is 5.97 Å². The van der Waals surface area contributed by atoms with Gasteiger partial charge in [0.1, 0.15) is 5.75 Å². The molecule has 0 fully saturated rings. The molecule has 0 atom stereocenters. The van der Waals surface area contributed by atoms with Crippen LogP contribution in [0.4, 0.5) is 0 Å². The molecule has 0 bridgehead atoms. The highest BCUT2D eigenvalue weighted by atomic mass is 35.5. The fourth-order valence-electron chi connectivity index (χ4n) is 1.88. The molecule has 0 radical (unpaired) electrons. The van der Waals surface area contributed by atoms with Gasteiger partial charge in [0.25, 0.3) is 0 Å². The molecule has 0 unspecified atom stereocenters. The highest BCUT2D eigenvalue weighted by Gasteiger charge is 2.03. The molecule has 0 spiro atoms. The Morgan fingerprint density at radius 1 is 1.19 bits per heavy atom. The largest absolute Gasteiger partial charge is 0.482 e. The van der Waals surface area contributed by atoms with Crippen molar-refractivity contribution < 1.29 is 19.4 Å². The van der Waals surface area contributed by atoms with E-state index in [1.54, 1.807) is 24.3 Å². The van der Waals surface area contributed by atoms with Crippen LogP contribution in [-0.4, -0.2) is 35.6 Å². The van der Waals surface area contributed by atoms with Crippen molar-refractivity contribution in [1.29, 1.82) is 0 Å². The number of hydrogen-bond acceptors (Lipinski definition) is 5. The molecule has 2 aromatic rings. The number of carboxylic acid groups (broad SMARTS) is 1. The highest BCUT2D eigenvalue weighted by molar-refractivity contribution is 7.99. The molecule has 2 aromatic carbocycles. The third-order valence-corrected chi connectivity index (χ3v) is 4.44. The van der Waals surface area contributed by atoms with E-state index < -0.39 is 12.6 Å². The van der Waals surface area contributed by atoms with Crippen molar-refractivity contribution in [2.24, 2.45) is 5.10 Å². The average Bonchev–Trinajstić information content (AvgIpc) is 2.62. The van der Waals surface area contributed by atoms with Crippen LogP contribution < -0.4 is 10.2 Å². The number of rotatable bonds is 9. The van der Waals surface area contributed by atoms with E-state index in [4.69, 9.17) is 21.4 Å². The van der Waals surface area contributed by atoms with E-state index in [0.29, 0.717) is 16.5 Å². The maximum absolute atomic E-state index is 11.8. The maximum Gasteiger partial charge on any atom is 0.341 e. The van der Waals surface area contributed by atoms with E-state index in [1.165, 1.54) is 18.0 Å². The molecule has 2 N–H and O–H groups in total. The monoisotopic (exact) mass is 392 g/mol. The number of nitrogens with zero attached hydrogens (tertiary/aromatic N) is 1. The minimum atomic E-state index is -1.04. The molecule has 1 amide bonds. The van der Waals surface area contributed by atoms with E-state index in [9.17, 15) is 9.59 Å². The number of carbonyl (C=O) groups is 2. The highest BCUT2D eigenvalue weighted by Crippen LogP contribution is 2.20. The molecule has 0 aliphatic rings. The molecule has 0 saturated carbocycles. The van der Waals surface area contributed by atoms with Crippen LogP contribution in [0, 0.1) is 0 Å². The van der Waals surface area contributed by atoms with Gasteiger partial charge in [0.05, 0.1) is 12.0 Å². The lowest BCUT2D eigenvalue weighted by molar-refractivity contribution is -0.139. The summed E-state index contributed by atoms with van der Waals surface area (Å²) in [5.41, 5.74) is 4.19. The summed E-state index contributed by atoms with van der Waals surface area (Å²) in [4.78, 5) is 22.2. The fourth-order valence-corrected chi connectivity index (χ4v) is 2.98. The lowest BCUT2D eigenvalue weighted by Crippen LogP contribution is -2.19. The van der Waals surface area contributed by atoms with E-state index in [0.717, 1.165) is 11.1 Å². The number of hydrazone groups is 1. The Hall–Kier alpha value is -2.51. The number of benzene rings is 2. The quantitative estimate of drug-likeness (QED) is 0.505. The predicted octanol–water partition coefficient (Wildman–Crippen LogP) is 3.19. The first kappa shape index (κ1) is 19.8. The van der Waals surface area contributed by atoms with Crippen LogP contribution in [0.5, 0.6) is 5.75 Å². The number of halogens is 1. The van der Waals surface area contributed by atoms with Crippen LogP contribution in [0.25, 0.3) is 0 Å². The first-order valence-corrected chi connectivity index (χ1v) is 9.15. The van der Waals surface area contributed by atoms with Crippen molar-refractivity contribution in [2.75, 3.05) is 12.4 Å². The lowest BCUT2D eigenvalue weighted by atomic mass is 10.2. The van der Waals surface area contributed by atoms with Crippen LogP contribution in [0.15, 0.2) is 53.6 Å². The van der Waals surface area contributed by atoms with Crippen LogP contribution >= 0.6 is 23.4 Å². The lowest BCUT2D eigenvalue weighted by Gasteiger charge is -2.04. The Morgan fingerprint density at radius 2 is 1.92 bits per heavy atom. The van der Waals surface area contributed by atoms with E-state index in [1.807, 2.05) is 24.3 Å². The standard InChI is InChI=1S/C18H17ClN2O4S/c19-16-4-2-1-3-14(16)11-26-12-17(22)21-20-9-13-5-7-15(8-6-13)25-10-18(23)24/h1-9H,10-12H2,(H,21,22)(H,23,24)/b20-9+. The van der Waals surface area contributed by atoms with Gasteiger partial charge in [0.2, 0.25) is 5.91 Å². The van der Waals surface area contributed by atoms with Crippen molar-refractivity contribution in [1.82, 2.24) is 5.43 Å². The zero-order valence-corrected chi connectivity index (χ0v) is 15.3. The Labute approximate surface area is 160 Å². The molecule has 2 rings (SSSR count). The summed E-state index contributed by atoms with van der Waals surface area (Å²) in [6.07, 6.45) is 1.50. The van der Waals surface area contributed by atoms with Crippen LogP contribution in [0.1, 0.15) is 11.1 Å². The number of hydrogen-bond donors (Lipinski definition) is 2. The summed E-state index contributed by atoms with van der Waals surface area (Å²) >= 11 is 7.51. The van der Waals surface area contributed by atoms with Crippen LogP contribution in [0.3, 0.4) is 0 Å². The summed E-state index contributed by atoms with van der Waals surface area (Å²) in [6, 6.07) is 14.2. The van der Waals surface area contributed by atoms with Gasteiger partial charge in [-0.1, -0.05) is 29.8 Å². The van der Waals surface area contributed by atoms with Gasteiger partial charge in [-0.05, 0) is 41.5 Å². The third kappa shape index (κ3) is 7.16. The number of carboxylic acids is 1. The maximum atomic E-state index is 11.8. The third-order valence-electron chi connectivity index (χ3n) is 3.09. The molecular weight excluding hydrogens is 376 g/mol. The van der Waals surface area contributed by atoms with Crippen molar-refractivity contribution in [3.8, 4) is 5.75 Å². The Morgan fingerprint density at radius 3 is 2.62 bits per heavy atom. The molecule has 0 aliphatic heterocycles. The number of amides is 1. The Balaban J connectivity index is 1.71. The van der Waals surface area contributed by atoms with E-state index in [-0.39, 0.29) is 11.7 Å². The second-order valence-electron chi connectivity index (χ2n) is 5.13. The summed E-state index contributed by atoms with van der Waals surface area (Å²) in [7, 11) is 0. The fraction of sp³-hybridized carbons (Fsp3) is 0.167. The molecule has 0 aliphatic carbocycles. The molecule has 136 valence electrons. The summed E-state index contributed by atoms with van der Waals surface area (Å²) in [5, 5.41) is 13.1. The molecule has 0 saturated heterocycles. The van der Waals surface area contributed by atoms with Gasteiger partial charge in [-0.25, -0.2) is 10.2 Å². The minimum absolute atomic E-state index is 0.209. The number of ether oxygens (including phenoxy) is 1. The topological polar surface area (TPSA) is 88.0 Å². The van der Waals surface area contributed by atoms with Crippen molar-refractivity contribution in [2.45, 2.75) is 5.75 Å². The van der Waals surface area contributed by atoms with Crippen molar-refractivity contribution in [3.63, 3.8) is 0 Å². The zero-order valence-electron chi connectivity index (χ0n) is 13.7. The number of nitrogens with one attached hydrogen (secondary N) is 1. The molecule has 26 heavy (non-hydrogen) atoms. The predicted molar refractivity (Wildman–Crippen MR) is 103 cm³/mol. The SMILES string of the molecule is O=C(O)COc1ccc(/C=N/NC(=O)CSCc2ccccc2Cl)cc1. The van der Waals surface area contributed by atoms with Gasteiger partial charge in [-0.2, -0.15) is 5.10 Å². The summed E-state index contributed by atoms with van der Waals surface area (Å²) in [6.45, 7) is -0.393. The van der Waals surface area contributed by atoms with Crippen LogP contribution in [0.2, 0.25) is 5.02 Å². The normalized spacial score (nSPS) is 10.7. The summed E-state index contributed by atoms with van der Waals surface area (Å²) < 4.78 is 5.03. The van der Waals surface area contributed by atoms with Crippen molar-refractivity contribution in [3.05, 3.63) is 64.7 Å². The molecule has 8 heteroatoms. The van der Waals surface area contributed by atoms with Crippen LogP contribution in [-0.2, 0) is 15.3 Å². The van der Waals surface area contributed by atoms with Gasteiger partial charge < -0.3 is 9.84 Å². The molecule has 0 aromatic heterocycles. The van der Waals surface area contributed by atoms with E-state index >= 15 is 0 Å². The number of aliphatic carboxylic acids is 1. The Kier molecular flexibility index (Phi) is 7.98. The first-order chi connectivity index (χ1) is 12.5. The zero-order chi connectivity index (χ0) is 18.8. The summed E-state index contributed by atoms with van der Waals surface area (Å²) in [5.74, 6) is 0.120. The number of carbonyl (C=O) groups excluding carboxylic acids is 1. The van der Waals surface area contributed by atoms with Gasteiger partial charge in [-0.3, -0.25) is 4.79 Å². The van der Waals surface area contributed by atoms with Gasteiger partial charge in [-0.15, -0.1) is 11.8 Å². The molecule has 0 heterocycles. The van der Waals surface area contributed by atoms with E-state index in [2.05, 4.69) is 10.5 Å². The molecule has 6 nitrogen and oxygen atoms in total. The second kappa shape index (κ2) is 10.5.